The van der Waals surface area contributed by atoms with Crippen molar-refractivity contribution in [2.75, 3.05) is 13.2 Å². The van der Waals surface area contributed by atoms with Crippen LogP contribution in [0.3, 0.4) is 0 Å². The summed E-state index contributed by atoms with van der Waals surface area (Å²) in [6, 6.07) is 7.84. The van der Waals surface area contributed by atoms with Crippen molar-refractivity contribution in [1.82, 2.24) is 4.90 Å². The van der Waals surface area contributed by atoms with E-state index in [0.29, 0.717) is 0 Å². The quantitative estimate of drug-likeness (QED) is 0.322. The van der Waals surface area contributed by atoms with Crippen LogP contribution in [0.4, 0.5) is 4.79 Å². The highest BCUT2D eigenvalue weighted by molar-refractivity contribution is 14.2. The second-order valence-corrected chi connectivity index (χ2v) is 9.17. The zero-order valence-corrected chi connectivity index (χ0v) is 19.4. The number of nitrogens with zero attached hydrogens (tertiary/aromatic N) is 1. The van der Waals surface area contributed by atoms with Crippen molar-refractivity contribution in [3.05, 3.63) is 35.9 Å². The first-order valence-corrected chi connectivity index (χ1v) is 12.2. The van der Waals surface area contributed by atoms with Crippen LogP contribution in [0.25, 0.3) is 0 Å². The molecule has 10 heteroatoms. The molecule has 0 aromatic heterocycles. The fraction of sp³-hybridized carbons (Fsp3) is 0.526. The molecule has 1 heterocycles. The molecule has 2 rings (SSSR count). The molecule has 1 aliphatic rings. The van der Waals surface area contributed by atoms with Crippen molar-refractivity contribution in [3.8, 4) is 0 Å². The molecule has 0 aliphatic carbocycles. The molecule has 1 saturated heterocycles. The topological polar surface area (TPSA) is 102 Å². The van der Waals surface area contributed by atoms with Crippen molar-refractivity contribution in [3.63, 3.8) is 0 Å². The molecular formula is C19H24INO7S. The number of carbonyl (C=O) groups excluding carboxylic acids is 3. The summed E-state index contributed by atoms with van der Waals surface area (Å²) in [5.74, 6) is -1.47. The summed E-state index contributed by atoms with van der Waals surface area (Å²) < 4.78 is 15.9. The van der Waals surface area contributed by atoms with Gasteiger partial charge in [0.1, 0.15) is 23.7 Å². The molecule has 2 amide bonds. The highest BCUT2D eigenvalue weighted by atomic mass is 127. The molecule has 0 bridgehead atoms. The highest BCUT2D eigenvalue weighted by Crippen LogP contribution is 2.39. The van der Waals surface area contributed by atoms with Gasteiger partial charge < -0.3 is 18.8 Å². The summed E-state index contributed by atoms with van der Waals surface area (Å²) in [5.41, 5.74) is -1.52. The van der Waals surface area contributed by atoms with Crippen molar-refractivity contribution in [1.29, 1.82) is 0 Å². The van der Waals surface area contributed by atoms with Gasteiger partial charge in [0.25, 0.3) is 0 Å². The van der Waals surface area contributed by atoms with Crippen LogP contribution >= 0.6 is 30.4 Å². The maximum Gasteiger partial charge on any atom is 0.417 e. The number of hydrogen-bond donors (Lipinski definition) is 1. The van der Waals surface area contributed by atoms with Crippen molar-refractivity contribution >= 4 is 48.4 Å². The van der Waals surface area contributed by atoms with Gasteiger partial charge in [0.2, 0.25) is 5.91 Å². The Hall–Kier alpha value is -1.37. The molecule has 1 fully saturated rings. The standard InChI is InChI=1S/C19H24INO7S/c1-18(2,3)28-17(25)21-14(9-19(11-22,16(21)24)12-27-29-20)15(23)26-10-13-7-5-4-6-8-13/h4-8,14,22H,9-12H2,1-3H3/t14-,19?/m0/s1. The van der Waals surface area contributed by atoms with E-state index in [1.807, 2.05) is 39.4 Å². The van der Waals surface area contributed by atoms with Gasteiger partial charge in [-0.3, -0.25) is 4.79 Å². The van der Waals surface area contributed by atoms with Gasteiger partial charge in [-0.2, -0.15) is 0 Å². The second-order valence-electron chi connectivity index (χ2n) is 7.73. The predicted molar refractivity (Wildman–Crippen MR) is 115 cm³/mol. The minimum atomic E-state index is -1.43. The molecule has 29 heavy (non-hydrogen) atoms. The lowest BCUT2D eigenvalue weighted by molar-refractivity contribution is -0.153. The number of aliphatic hydroxyl groups is 1. The maximum absolute atomic E-state index is 13.0. The molecule has 1 unspecified atom stereocenters. The summed E-state index contributed by atoms with van der Waals surface area (Å²) in [6.07, 6.45) is -1.08. The summed E-state index contributed by atoms with van der Waals surface area (Å²) in [5, 5.41) is 9.91. The number of amides is 2. The predicted octanol–water partition coefficient (Wildman–Crippen LogP) is 3.26. The number of benzene rings is 1. The SMILES string of the molecule is CC(C)(C)OC(=O)N1C(=O)C(CO)(COSI)C[C@H]1C(=O)OCc1ccccc1. The summed E-state index contributed by atoms with van der Waals surface area (Å²) in [6.45, 7) is 4.23. The lowest BCUT2D eigenvalue weighted by atomic mass is 9.86. The molecule has 1 aromatic rings. The van der Waals surface area contributed by atoms with Crippen LogP contribution in [0.5, 0.6) is 0 Å². The van der Waals surface area contributed by atoms with Crippen LogP contribution in [-0.2, 0) is 29.9 Å². The number of aliphatic hydroxyl groups excluding tert-OH is 1. The van der Waals surface area contributed by atoms with Crippen molar-refractivity contribution in [2.24, 2.45) is 5.41 Å². The maximum atomic E-state index is 13.0. The smallest absolute Gasteiger partial charge is 0.417 e. The highest BCUT2D eigenvalue weighted by Gasteiger charge is 2.58. The monoisotopic (exact) mass is 537 g/mol. The number of halogens is 1. The minimum absolute atomic E-state index is 0.00124. The minimum Gasteiger partial charge on any atom is -0.459 e. The third-order valence-corrected chi connectivity index (χ3v) is 5.31. The molecule has 1 aliphatic heterocycles. The summed E-state index contributed by atoms with van der Waals surface area (Å²) in [4.78, 5) is 39.2. The fourth-order valence-corrected chi connectivity index (χ4v) is 3.57. The molecular weight excluding hydrogens is 513 g/mol. The van der Waals surface area contributed by atoms with E-state index in [4.69, 9.17) is 13.7 Å². The van der Waals surface area contributed by atoms with Crippen LogP contribution in [0, 0.1) is 5.41 Å². The number of ether oxygens (including phenoxy) is 2. The van der Waals surface area contributed by atoms with Crippen molar-refractivity contribution < 1.29 is 33.1 Å². The second kappa shape index (κ2) is 10.1. The number of rotatable bonds is 7. The molecule has 1 N–H and O–H groups in total. The Morgan fingerprint density at radius 1 is 1.31 bits per heavy atom. The molecule has 0 saturated carbocycles. The van der Waals surface area contributed by atoms with Gasteiger partial charge in [-0.1, -0.05) is 30.3 Å². The Bertz CT molecular complexity index is 740. The van der Waals surface area contributed by atoms with E-state index in [-0.39, 0.29) is 19.6 Å². The van der Waals surface area contributed by atoms with Crippen LogP contribution in [-0.4, -0.2) is 52.8 Å². The van der Waals surface area contributed by atoms with E-state index in [9.17, 15) is 19.5 Å². The van der Waals surface area contributed by atoms with Gasteiger partial charge in [-0.15, -0.1) is 0 Å². The number of likely N-dealkylation sites (tertiary alicyclic amines) is 1. The fourth-order valence-electron chi connectivity index (χ4n) is 2.91. The van der Waals surface area contributed by atoms with E-state index in [1.54, 1.807) is 32.9 Å². The summed E-state index contributed by atoms with van der Waals surface area (Å²) >= 11 is 1.88. The van der Waals surface area contributed by atoms with E-state index < -0.39 is 41.6 Å². The zero-order chi connectivity index (χ0) is 21.7. The van der Waals surface area contributed by atoms with E-state index in [2.05, 4.69) is 0 Å². The van der Waals surface area contributed by atoms with Gasteiger partial charge in [0.15, 0.2) is 0 Å². The van der Waals surface area contributed by atoms with Gasteiger partial charge in [0, 0.05) is 21.2 Å². The number of carbonyl (C=O) groups is 3. The molecule has 8 nitrogen and oxygen atoms in total. The molecule has 160 valence electrons. The van der Waals surface area contributed by atoms with Gasteiger partial charge >= 0.3 is 12.1 Å². The van der Waals surface area contributed by atoms with Gasteiger partial charge in [0.05, 0.1) is 22.4 Å². The van der Waals surface area contributed by atoms with Crippen LogP contribution in [0.2, 0.25) is 0 Å². The third kappa shape index (κ3) is 6.06. The molecule has 0 radical (unpaired) electrons. The van der Waals surface area contributed by atoms with Crippen molar-refractivity contribution in [2.45, 2.75) is 45.4 Å². The Balaban J connectivity index is 2.25. The Morgan fingerprint density at radius 2 is 1.97 bits per heavy atom. The average molecular weight is 537 g/mol. The first kappa shape index (κ1) is 23.9. The Labute approximate surface area is 186 Å². The van der Waals surface area contributed by atoms with E-state index in [1.165, 1.54) is 0 Å². The Morgan fingerprint density at radius 3 is 2.52 bits per heavy atom. The van der Waals surface area contributed by atoms with E-state index in [0.717, 1.165) is 19.7 Å². The number of hydrogen-bond acceptors (Lipinski definition) is 8. The van der Waals surface area contributed by atoms with Crippen LogP contribution in [0.15, 0.2) is 30.3 Å². The average Bonchev–Trinajstić information content (AvgIpc) is 2.97. The number of esters is 1. The van der Waals surface area contributed by atoms with Crippen LogP contribution in [0.1, 0.15) is 32.8 Å². The Kier molecular flexibility index (Phi) is 8.32. The lowest BCUT2D eigenvalue weighted by Crippen LogP contribution is -2.48. The molecule has 2 atom stereocenters. The van der Waals surface area contributed by atoms with Gasteiger partial charge in [-0.25, -0.2) is 14.5 Å². The third-order valence-electron chi connectivity index (χ3n) is 4.34. The van der Waals surface area contributed by atoms with Gasteiger partial charge in [-0.05, 0) is 32.8 Å². The zero-order valence-electron chi connectivity index (χ0n) is 16.4. The first-order chi connectivity index (χ1) is 13.6. The van der Waals surface area contributed by atoms with Crippen LogP contribution < -0.4 is 0 Å². The molecule has 0 spiro atoms. The normalized spacial score (nSPS) is 21.9. The lowest BCUT2D eigenvalue weighted by Gasteiger charge is -2.27. The van der Waals surface area contributed by atoms with E-state index >= 15 is 0 Å². The summed E-state index contributed by atoms with van der Waals surface area (Å²) in [7, 11) is 0.997. The largest absolute Gasteiger partial charge is 0.459 e. The molecule has 1 aromatic carbocycles. The first-order valence-electron chi connectivity index (χ1n) is 8.92. The number of imide groups is 1.